The van der Waals surface area contributed by atoms with Crippen molar-refractivity contribution in [2.75, 3.05) is 19.5 Å². The number of anilines is 1. The molecule has 1 aliphatic heterocycles. The lowest BCUT2D eigenvalue weighted by molar-refractivity contribution is -0.142. The molecule has 36 heavy (non-hydrogen) atoms. The molecule has 1 fully saturated rings. The minimum absolute atomic E-state index is 0.00818. The summed E-state index contributed by atoms with van der Waals surface area (Å²) in [6.07, 6.45) is -1.43. The molecule has 3 aromatic rings. The number of carbonyl (C=O) groups is 1. The van der Waals surface area contributed by atoms with Crippen molar-refractivity contribution in [3.8, 4) is 5.75 Å². The molecule has 3 heterocycles. The molecule has 4 rings (SSSR count). The minimum Gasteiger partial charge on any atom is -0.468 e. The molecule has 0 saturated carbocycles. The molecule has 1 unspecified atom stereocenters. The molecular weight excluding hydrogens is 502 g/mol. The SMILES string of the molecule is COC(=O)[C@H](C)NP(=O)(OC[C@H]1O[C@@H](n2cnc3c(=O)[nH]c(N)nc32)C[C@H]1O)Oc1ccc(F)cc1. The van der Waals surface area contributed by atoms with E-state index in [1.807, 2.05) is 0 Å². The van der Waals surface area contributed by atoms with Gasteiger partial charge in [-0.1, -0.05) is 0 Å². The maximum Gasteiger partial charge on any atom is 0.459 e. The maximum atomic E-state index is 13.5. The fourth-order valence-electron chi connectivity index (χ4n) is 3.55. The number of esters is 1. The van der Waals surface area contributed by atoms with E-state index in [-0.39, 0.29) is 29.3 Å². The monoisotopic (exact) mass is 526 g/mol. The maximum absolute atomic E-state index is 13.5. The van der Waals surface area contributed by atoms with Gasteiger partial charge in [-0.2, -0.15) is 10.1 Å². The number of hydrogen-bond donors (Lipinski definition) is 4. The molecule has 1 aliphatic rings. The van der Waals surface area contributed by atoms with Crippen LogP contribution in [0.15, 0.2) is 35.4 Å². The molecule has 2 aromatic heterocycles. The number of benzene rings is 1. The van der Waals surface area contributed by atoms with E-state index in [1.165, 1.54) is 30.0 Å². The number of nitrogens with one attached hydrogen (secondary N) is 2. The Bertz CT molecular complexity index is 1350. The number of ether oxygens (including phenoxy) is 2. The van der Waals surface area contributed by atoms with Gasteiger partial charge in [-0.25, -0.2) is 13.9 Å². The first kappa shape index (κ1) is 25.7. The molecule has 14 nitrogen and oxygen atoms in total. The Morgan fingerprint density at radius 3 is 2.86 bits per heavy atom. The largest absolute Gasteiger partial charge is 0.468 e. The van der Waals surface area contributed by atoms with E-state index >= 15 is 0 Å². The van der Waals surface area contributed by atoms with Crippen molar-refractivity contribution in [1.29, 1.82) is 0 Å². The van der Waals surface area contributed by atoms with Gasteiger partial charge in [0.1, 0.15) is 29.9 Å². The van der Waals surface area contributed by atoms with Crippen molar-refractivity contribution in [3.63, 3.8) is 0 Å². The van der Waals surface area contributed by atoms with Crippen LogP contribution >= 0.6 is 7.75 Å². The summed E-state index contributed by atoms with van der Waals surface area (Å²) in [7, 11) is -3.09. The summed E-state index contributed by atoms with van der Waals surface area (Å²) in [5, 5.41) is 13.0. The minimum atomic E-state index is -4.25. The number of aliphatic hydroxyl groups excluding tert-OH is 1. The second-order valence-corrected chi connectivity index (χ2v) is 9.61. The van der Waals surface area contributed by atoms with Crippen LogP contribution in [0.2, 0.25) is 0 Å². The van der Waals surface area contributed by atoms with Crippen LogP contribution in [-0.2, 0) is 23.4 Å². The highest BCUT2D eigenvalue weighted by Gasteiger charge is 2.39. The van der Waals surface area contributed by atoms with Gasteiger partial charge >= 0.3 is 13.7 Å². The highest BCUT2D eigenvalue weighted by atomic mass is 31.2. The van der Waals surface area contributed by atoms with Crippen molar-refractivity contribution >= 4 is 30.8 Å². The Labute approximate surface area is 203 Å². The Hall–Kier alpha value is -3.36. The number of fused-ring (bicyclic) bond motifs is 1. The summed E-state index contributed by atoms with van der Waals surface area (Å²) in [6, 6.07) is 3.57. The van der Waals surface area contributed by atoms with Crippen molar-refractivity contribution in [2.24, 2.45) is 0 Å². The lowest BCUT2D eigenvalue weighted by Crippen LogP contribution is -2.36. The third-order valence-electron chi connectivity index (χ3n) is 5.32. The molecule has 5 atom stereocenters. The number of halogens is 1. The third-order valence-corrected chi connectivity index (χ3v) is 6.96. The van der Waals surface area contributed by atoms with Gasteiger partial charge in [0.2, 0.25) is 5.95 Å². The first-order valence-corrected chi connectivity index (χ1v) is 12.2. The summed E-state index contributed by atoms with van der Waals surface area (Å²) in [4.78, 5) is 34.3. The van der Waals surface area contributed by atoms with Gasteiger partial charge < -0.3 is 24.8 Å². The second kappa shape index (κ2) is 10.3. The number of imidazole rings is 1. The van der Waals surface area contributed by atoms with Gasteiger partial charge in [0.05, 0.1) is 26.1 Å². The van der Waals surface area contributed by atoms with E-state index in [9.17, 15) is 23.7 Å². The topological polar surface area (TPSA) is 193 Å². The van der Waals surface area contributed by atoms with Gasteiger partial charge in [-0.05, 0) is 31.2 Å². The Kier molecular flexibility index (Phi) is 7.38. The van der Waals surface area contributed by atoms with Crippen LogP contribution in [0.4, 0.5) is 10.3 Å². The summed E-state index contributed by atoms with van der Waals surface area (Å²) in [5.41, 5.74) is 5.30. The van der Waals surface area contributed by atoms with Crippen LogP contribution in [0.25, 0.3) is 11.2 Å². The zero-order valence-electron chi connectivity index (χ0n) is 19.2. The molecular formula is C20H24FN6O8P. The fourth-order valence-corrected chi connectivity index (χ4v) is 5.05. The van der Waals surface area contributed by atoms with Gasteiger partial charge in [0.15, 0.2) is 11.2 Å². The number of H-pyrrole nitrogens is 1. The van der Waals surface area contributed by atoms with Crippen molar-refractivity contribution in [2.45, 2.75) is 37.8 Å². The second-order valence-electron chi connectivity index (χ2n) is 7.92. The zero-order chi connectivity index (χ0) is 26.0. The molecule has 0 spiro atoms. The Morgan fingerprint density at radius 2 is 2.17 bits per heavy atom. The van der Waals surface area contributed by atoms with Gasteiger partial charge in [-0.3, -0.25) is 23.7 Å². The van der Waals surface area contributed by atoms with E-state index in [4.69, 9.17) is 19.5 Å². The number of nitrogen functional groups attached to an aromatic ring is 1. The Morgan fingerprint density at radius 1 is 1.44 bits per heavy atom. The van der Waals surface area contributed by atoms with E-state index < -0.39 is 56.2 Å². The zero-order valence-corrected chi connectivity index (χ0v) is 20.1. The molecule has 0 amide bonds. The lowest BCUT2D eigenvalue weighted by atomic mass is 10.2. The average Bonchev–Trinajstić information content (AvgIpc) is 3.42. The number of aromatic nitrogens is 4. The van der Waals surface area contributed by atoms with E-state index in [2.05, 4.69) is 24.8 Å². The van der Waals surface area contributed by atoms with Crippen molar-refractivity contribution < 1.29 is 37.4 Å². The standard InChI is InChI=1S/C20H24FN6O8P/c1-10(19(30)32-2)26-36(31,35-12-5-3-11(21)4-6-12)33-8-14-13(28)7-15(34-14)27-9-23-16-17(27)24-20(22)25-18(16)29/h3-6,9-10,13-15,28H,7-8H2,1-2H3,(H,26,31)(H3,22,24,25,29)/t10-,13+,14+,15+,36?/m0/s1. The first-order chi connectivity index (χ1) is 17.1. The normalized spacial score (nSPS) is 22.3. The molecule has 0 aliphatic carbocycles. The van der Waals surface area contributed by atoms with Crippen molar-refractivity contribution in [1.82, 2.24) is 24.6 Å². The molecule has 1 saturated heterocycles. The summed E-state index contributed by atoms with van der Waals surface area (Å²) >= 11 is 0. The van der Waals surface area contributed by atoms with Crippen LogP contribution in [-0.4, -0.2) is 62.6 Å². The smallest absolute Gasteiger partial charge is 0.459 e. The van der Waals surface area contributed by atoms with Crippen LogP contribution < -0.4 is 20.9 Å². The molecule has 0 radical (unpaired) electrons. The summed E-state index contributed by atoms with van der Waals surface area (Å²) in [6.45, 7) is 0.969. The number of nitrogens with zero attached hydrogens (tertiary/aromatic N) is 3. The van der Waals surface area contributed by atoms with Crippen molar-refractivity contribution in [3.05, 3.63) is 46.8 Å². The fraction of sp³-hybridized carbons (Fsp3) is 0.400. The number of methoxy groups -OCH3 is 1. The first-order valence-electron chi connectivity index (χ1n) is 10.7. The number of nitrogens with two attached hydrogens (primary N) is 1. The predicted octanol–water partition coefficient (Wildman–Crippen LogP) is 0.844. The summed E-state index contributed by atoms with van der Waals surface area (Å²) < 4.78 is 49.6. The average molecular weight is 526 g/mol. The number of aromatic amines is 1. The van der Waals surface area contributed by atoms with Crippen LogP contribution in [0.3, 0.4) is 0 Å². The Balaban J connectivity index is 1.50. The summed E-state index contributed by atoms with van der Waals surface area (Å²) in [5.74, 6) is -1.37. The van der Waals surface area contributed by atoms with Gasteiger partial charge in [0, 0.05) is 6.42 Å². The highest BCUT2D eigenvalue weighted by molar-refractivity contribution is 7.52. The van der Waals surface area contributed by atoms with Crippen LogP contribution in [0.1, 0.15) is 19.6 Å². The van der Waals surface area contributed by atoms with Gasteiger partial charge in [0.25, 0.3) is 5.56 Å². The molecule has 1 aromatic carbocycles. The highest BCUT2D eigenvalue weighted by Crippen LogP contribution is 2.46. The predicted molar refractivity (Wildman–Crippen MR) is 122 cm³/mol. The number of carbonyl (C=O) groups excluding carboxylic acids is 1. The molecule has 194 valence electrons. The van der Waals surface area contributed by atoms with E-state index in [0.29, 0.717) is 0 Å². The molecule has 16 heteroatoms. The van der Waals surface area contributed by atoms with Crippen LogP contribution in [0, 0.1) is 5.82 Å². The number of hydrogen-bond acceptors (Lipinski definition) is 11. The third kappa shape index (κ3) is 5.55. The van der Waals surface area contributed by atoms with Gasteiger partial charge in [-0.15, -0.1) is 0 Å². The quantitative estimate of drug-likeness (QED) is 0.227. The molecule has 0 bridgehead atoms. The molecule has 5 N–H and O–H groups in total. The van der Waals surface area contributed by atoms with E-state index in [0.717, 1.165) is 19.2 Å². The van der Waals surface area contributed by atoms with E-state index in [1.54, 1.807) is 0 Å². The van der Waals surface area contributed by atoms with Crippen LogP contribution in [0.5, 0.6) is 5.75 Å². The number of aliphatic hydroxyl groups is 1. The number of rotatable bonds is 9. The lowest BCUT2D eigenvalue weighted by Gasteiger charge is -2.24.